The van der Waals surface area contributed by atoms with Gasteiger partial charge in [0.25, 0.3) is 5.91 Å². The largest absolute Gasteiger partial charge is 0.397 e. The van der Waals surface area contributed by atoms with Gasteiger partial charge in [-0.15, -0.1) is 0 Å². The van der Waals surface area contributed by atoms with Crippen LogP contribution in [0.2, 0.25) is 5.02 Å². The fraction of sp³-hybridized carbons (Fsp3) is 0.0769. The molecule has 1 aromatic carbocycles. The van der Waals surface area contributed by atoms with E-state index in [0.29, 0.717) is 10.8 Å². The molecule has 0 aliphatic heterocycles. The smallest absolute Gasteiger partial charge is 0.250 e. The highest BCUT2D eigenvalue weighted by Crippen LogP contribution is 2.24. The van der Waals surface area contributed by atoms with E-state index in [2.05, 4.69) is 10.3 Å². The number of anilines is 3. The van der Waals surface area contributed by atoms with Gasteiger partial charge in [0, 0.05) is 10.7 Å². The summed E-state index contributed by atoms with van der Waals surface area (Å²) in [5.41, 5.74) is 13.2. The number of amides is 1. The molecule has 0 fully saturated rings. The van der Waals surface area contributed by atoms with Crippen LogP contribution >= 0.6 is 11.6 Å². The number of aromatic nitrogens is 1. The second kappa shape index (κ2) is 5.16. The first kappa shape index (κ1) is 13.2. The average Bonchev–Trinajstić information content (AvgIpc) is 2.36. The van der Waals surface area contributed by atoms with Gasteiger partial charge < -0.3 is 16.8 Å². The SMILES string of the molecule is Cc1ccc(Cl)cc1Nc1cc(C(N)=O)c(N)cn1. The predicted molar refractivity (Wildman–Crippen MR) is 76.6 cm³/mol. The van der Waals surface area contributed by atoms with Crippen LogP contribution in [0.25, 0.3) is 0 Å². The van der Waals surface area contributed by atoms with Crippen LogP contribution in [0.15, 0.2) is 30.5 Å². The van der Waals surface area contributed by atoms with Gasteiger partial charge in [-0.05, 0) is 30.7 Å². The number of halogens is 1. The van der Waals surface area contributed by atoms with Crippen LogP contribution in [-0.2, 0) is 0 Å². The molecule has 0 aliphatic carbocycles. The average molecular weight is 277 g/mol. The summed E-state index contributed by atoms with van der Waals surface area (Å²) in [6, 6.07) is 6.97. The molecule has 0 atom stereocenters. The third kappa shape index (κ3) is 2.95. The fourth-order valence-corrected chi connectivity index (χ4v) is 1.79. The van der Waals surface area contributed by atoms with E-state index in [4.69, 9.17) is 23.1 Å². The van der Waals surface area contributed by atoms with E-state index in [9.17, 15) is 4.79 Å². The van der Waals surface area contributed by atoms with Gasteiger partial charge in [-0.3, -0.25) is 4.79 Å². The molecule has 2 aromatic rings. The molecule has 0 unspecified atom stereocenters. The summed E-state index contributed by atoms with van der Waals surface area (Å²) in [5.74, 6) is -0.112. The molecule has 5 N–H and O–H groups in total. The Balaban J connectivity index is 2.36. The molecule has 19 heavy (non-hydrogen) atoms. The van der Waals surface area contributed by atoms with Crippen molar-refractivity contribution in [1.29, 1.82) is 0 Å². The van der Waals surface area contributed by atoms with Gasteiger partial charge in [-0.1, -0.05) is 17.7 Å². The second-order valence-corrected chi connectivity index (χ2v) is 4.54. The molecule has 98 valence electrons. The van der Waals surface area contributed by atoms with Crippen LogP contribution in [0.1, 0.15) is 15.9 Å². The van der Waals surface area contributed by atoms with Crippen molar-refractivity contribution in [3.63, 3.8) is 0 Å². The summed E-state index contributed by atoms with van der Waals surface area (Å²) < 4.78 is 0. The fourth-order valence-electron chi connectivity index (χ4n) is 1.61. The van der Waals surface area contributed by atoms with Crippen molar-refractivity contribution in [3.8, 4) is 0 Å². The van der Waals surface area contributed by atoms with E-state index < -0.39 is 5.91 Å². The number of carbonyl (C=O) groups is 1. The Labute approximate surface area is 115 Å². The number of aryl methyl sites for hydroxylation is 1. The lowest BCUT2D eigenvalue weighted by Gasteiger charge is -2.10. The molecule has 6 heteroatoms. The van der Waals surface area contributed by atoms with Crippen molar-refractivity contribution >= 4 is 34.7 Å². The molecule has 0 saturated heterocycles. The molecule has 2 rings (SSSR count). The summed E-state index contributed by atoms with van der Waals surface area (Å²) >= 11 is 5.94. The molecule has 0 radical (unpaired) electrons. The van der Waals surface area contributed by atoms with Gasteiger partial charge in [0.2, 0.25) is 0 Å². The Hall–Kier alpha value is -2.27. The third-order valence-corrected chi connectivity index (χ3v) is 2.90. The van der Waals surface area contributed by atoms with Gasteiger partial charge >= 0.3 is 0 Å². The van der Waals surface area contributed by atoms with Crippen molar-refractivity contribution in [2.75, 3.05) is 11.1 Å². The normalized spacial score (nSPS) is 10.2. The molecule has 5 nitrogen and oxygen atoms in total. The standard InChI is InChI=1S/C13H13ClN4O/c1-7-2-3-8(14)4-11(7)18-12-5-9(13(16)19)10(15)6-17-12/h2-6H,15H2,1H3,(H2,16,19)(H,17,18). The molecule has 0 aliphatic rings. The Bertz CT molecular complexity index is 643. The van der Waals surface area contributed by atoms with E-state index >= 15 is 0 Å². The number of nitrogens with zero attached hydrogens (tertiary/aromatic N) is 1. The zero-order valence-corrected chi connectivity index (χ0v) is 11.0. The Morgan fingerprint density at radius 2 is 2.11 bits per heavy atom. The summed E-state index contributed by atoms with van der Waals surface area (Å²) in [4.78, 5) is 15.3. The summed E-state index contributed by atoms with van der Waals surface area (Å²) in [7, 11) is 0. The highest BCUT2D eigenvalue weighted by Gasteiger charge is 2.08. The van der Waals surface area contributed by atoms with Gasteiger partial charge in [0.1, 0.15) is 5.82 Å². The van der Waals surface area contributed by atoms with Gasteiger partial charge in [0.15, 0.2) is 0 Å². The molecule has 1 aromatic heterocycles. The zero-order valence-electron chi connectivity index (χ0n) is 10.3. The number of nitrogens with two attached hydrogens (primary N) is 2. The third-order valence-electron chi connectivity index (χ3n) is 2.66. The Kier molecular flexibility index (Phi) is 3.57. The van der Waals surface area contributed by atoms with E-state index in [0.717, 1.165) is 11.3 Å². The highest BCUT2D eigenvalue weighted by atomic mass is 35.5. The predicted octanol–water partition coefficient (Wildman–Crippen LogP) is 2.47. The van der Waals surface area contributed by atoms with Gasteiger partial charge in [-0.2, -0.15) is 0 Å². The minimum Gasteiger partial charge on any atom is -0.397 e. The number of pyridine rings is 1. The molecular formula is C13H13ClN4O. The first-order valence-electron chi connectivity index (χ1n) is 5.56. The topological polar surface area (TPSA) is 94.0 Å². The number of nitrogens with one attached hydrogen (secondary N) is 1. The monoisotopic (exact) mass is 276 g/mol. The number of rotatable bonds is 3. The van der Waals surface area contributed by atoms with Gasteiger partial charge in [-0.25, -0.2) is 4.98 Å². The minimum absolute atomic E-state index is 0.234. The van der Waals surface area contributed by atoms with Crippen LogP contribution in [0.3, 0.4) is 0 Å². The maximum absolute atomic E-state index is 11.2. The zero-order chi connectivity index (χ0) is 14.0. The number of benzene rings is 1. The number of nitrogen functional groups attached to an aromatic ring is 1. The maximum atomic E-state index is 11.2. The molecule has 1 amide bonds. The highest BCUT2D eigenvalue weighted by molar-refractivity contribution is 6.30. The molecule has 0 bridgehead atoms. The van der Waals surface area contributed by atoms with E-state index in [1.54, 1.807) is 12.1 Å². The summed E-state index contributed by atoms with van der Waals surface area (Å²) in [6.45, 7) is 1.94. The summed E-state index contributed by atoms with van der Waals surface area (Å²) in [5, 5.41) is 3.69. The summed E-state index contributed by atoms with van der Waals surface area (Å²) in [6.07, 6.45) is 1.39. The van der Waals surface area contributed by atoms with Crippen molar-refractivity contribution in [1.82, 2.24) is 4.98 Å². The lowest BCUT2D eigenvalue weighted by Crippen LogP contribution is -2.14. The minimum atomic E-state index is -0.592. The van der Waals surface area contributed by atoms with Crippen molar-refractivity contribution in [3.05, 3.63) is 46.6 Å². The van der Waals surface area contributed by atoms with Crippen molar-refractivity contribution < 1.29 is 4.79 Å². The molecule has 0 spiro atoms. The van der Waals surface area contributed by atoms with Crippen LogP contribution in [0.5, 0.6) is 0 Å². The first-order valence-corrected chi connectivity index (χ1v) is 5.93. The quantitative estimate of drug-likeness (QED) is 0.803. The van der Waals surface area contributed by atoms with Crippen molar-refractivity contribution in [2.24, 2.45) is 5.73 Å². The number of carbonyl (C=O) groups excluding carboxylic acids is 1. The second-order valence-electron chi connectivity index (χ2n) is 4.11. The van der Waals surface area contributed by atoms with E-state index in [1.165, 1.54) is 12.3 Å². The lowest BCUT2D eigenvalue weighted by atomic mass is 10.2. The van der Waals surface area contributed by atoms with E-state index in [-0.39, 0.29) is 11.3 Å². The molecular weight excluding hydrogens is 264 g/mol. The van der Waals surface area contributed by atoms with Crippen LogP contribution in [-0.4, -0.2) is 10.9 Å². The molecule has 0 saturated carbocycles. The Morgan fingerprint density at radius 1 is 1.37 bits per heavy atom. The maximum Gasteiger partial charge on any atom is 0.250 e. The number of hydrogen-bond donors (Lipinski definition) is 3. The first-order chi connectivity index (χ1) is 8.97. The van der Waals surface area contributed by atoms with Crippen LogP contribution in [0.4, 0.5) is 17.2 Å². The Morgan fingerprint density at radius 3 is 2.79 bits per heavy atom. The van der Waals surface area contributed by atoms with Crippen LogP contribution < -0.4 is 16.8 Å². The number of primary amides is 1. The number of hydrogen-bond acceptors (Lipinski definition) is 4. The van der Waals surface area contributed by atoms with Gasteiger partial charge in [0.05, 0.1) is 17.4 Å². The molecule has 1 heterocycles. The lowest BCUT2D eigenvalue weighted by molar-refractivity contribution is 0.100. The van der Waals surface area contributed by atoms with Crippen molar-refractivity contribution in [2.45, 2.75) is 6.92 Å². The van der Waals surface area contributed by atoms with Crippen LogP contribution in [0, 0.1) is 6.92 Å². The van der Waals surface area contributed by atoms with E-state index in [1.807, 2.05) is 13.0 Å².